The van der Waals surface area contributed by atoms with Crippen LogP contribution in [0.4, 0.5) is 0 Å². The minimum atomic E-state index is -0.132. The quantitative estimate of drug-likeness (QED) is 0.615. The molecule has 2 amide bonds. The summed E-state index contributed by atoms with van der Waals surface area (Å²) < 4.78 is 0. The van der Waals surface area contributed by atoms with E-state index in [4.69, 9.17) is 0 Å². The molecule has 0 aliphatic carbocycles. The number of rotatable bonds is 0. The molecule has 84 valence electrons. The van der Waals surface area contributed by atoms with Crippen LogP contribution < -0.4 is 0 Å². The van der Waals surface area contributed by atoms with Crippen molar-refractivity contribution in [3.05, 3.63) is 33.0 Å². The Bertz CT molecular complexity index is 400. The highest BCUT2D eigenvalue weighted by atomic mass is 32.2. The first-order valence-electron chi connectivity index (χ1n) is 4.56. The molecule has 0 saturated carbocycles. The molecular formula is C10H10N2O2S2. The number of amides is 2. The predicted octanol–water partition coefficient (Wildman–Crippen LogP) is 1.55. The van der Waals surface area contributed by atoms with E-state index in [9.17, 15) is 9.59 Å². The summed E-state index contributed by atoms with van der Waals surface area (Å²) in [5, 5.41) is 3.60. The number of hydrogen-bond acceptors (Lipinski definition) is 4. The molecule has 0 aromatic heterocycles. The Morgan fingerprint density at radius 2 is 1.25 bits per heavy atom. The maximum absolute atomic E-state index is 11.9. The molecule has 6 heteroatoms. The fourth-order valence-corrected chi connectivity index (χ4v) is 3.16. The van der Waals surface area contributed by atoms with Crippen LogP contribution in [0.2, 0.25) is 0 Å². The summed E-state index contributed by atoms with van der Waals surface area (Å²) in [6, 6.07) is 0. The van der Waals surface area contributed by atoms with Crippen LogP contribution in [0.3, 0.4) is 0 Å². The minimum absolute atomic E-state index is 0.132. The second-order valence-corrected chi connectivity index (χ2v) is 5.13. The van der Waals surface area contributed by atoms with Crippen molar-refractivity contribution in [2.75, 3.05) is 14.1 Å². The second kappa shape index (κ2) is 4.39. The van der Waals surface area contributed by atoms with Crippen molar-refractivity contribution in [1.82, 2.24) is 9.80 Å². The van der Waals surface area contributed by atoms with Crippen LogP contribution >= 0.6 is 23.5 Å². The third kappa shape index (κ3) is 1.90. The van der Waals surface area contributed by atoms with Gasteiger partial charge in [-0.25, -0.2) is 0 Å². The highest BCUT2D eigenvalue weighted by Crippen LogP contribution is 2.35. The zero-order chi connectivity index (χ0) is 11.7. The van der Waals surface area contributed by atoms with Crippen molar-refractivity contribution in [1.29, 1.82) is 0 Å². The van der Waals surface area contributed by atoms with Crippen molar-refractivity contribution < 1.29 is 9.59 Å². The van der Waals surface area contributed by atoms with Crippen LogP contribution in [0, 0.1) is 0 Å². The Morgan fingerprint density at radius 3 is 1.62 bits per heavy atom. The van der Waals surface area contributed by atoms with Gasteiger partial charge >= 0.3 is 0 Å². The van der Waals surface area contributed by atoms with Crippen molar-refractivity contribution in [3.63, 3.8) is 0 Å². The van der Waals surface area contributed by atoms with E-state index >= 15 is 0 Å². The van der Waals surface area contributed by atoms with Gasteiger partial charge in [0.05, 0.1) is 9.81 Å². The number of hydrogen-bond donors (Lipinski definition) is 0. The monoisotopic (exact) mass is 254 g/mol. The smallest absolute Gasteiger partial charge is 0.265 e. The lowest BCUT2D eigenvalue weighted by atomic mass is 10.4. The maximum Gasteiger partial charge on any atom is 0.265 e. The van der Waals surface area contributed by atoms with Crippen LogP contribution in [-0.4, -0.2) is 35.7 Å². The summed E-state index contributed by atoms with van der Waals surface area (Å²) in [6.07, 6.45) is 3.38. The Balaban J connectivity index is 2.42. The summed E-state index contributed by atoms with van der Waals surface area (Å²) in [7, 11) is 3.35. The Kier molecular flexibility index (Phi) is 3.11. The van der Waals surface area contributed by atoms with Gasteiger partial charge in [0.15, 0.2) is 0 Å². The van der Waals surface area contributed by atoms with E-state index in [1.54, 1.807) is 37.3 Å². The zero-order valence-electron chi connectivity index (χ0n) is 8.84. The van der Waals surface area contributed by atoms with Crippen LogP contribution in [0.15, 0.2) is 33.0 Å². The van der Waals surface area contributed by atoms with Gasteiger partial charge in [-0.2, -0.15) is 0 Å². The van der Waals surface area contributed by atoms with E-state index in [0.29, 0.717) is 9.81 Å². The topological polar surface area (TPSA) is 40.6 Å². The molecule has 2 aliphatic rings. The molecule has 4 nitrogen and oxygen atoms in total. The molecule has 0 atom stereocenters. The first-order chi connectivity index (χ1) is 7.61. The molecule has 0 bridgehead atoms. The van der Waals surface area contributed by atoms with Crippen molar-refractivity contribution in [2.45, 2.75) is 0 Å². The normalized spacial score (nSPS) is 25.6. The lowest BCUT2D eigenvalue weighted by Gasteiger charge is -2.23. The van der Waals surface area contributed by atoms with Crippen molar-refractivity contribution >= 4 is 35.3 Å². The fourth-order valence-electron chi connectivity index (χ4n) is 1.24. The van der Waals surface area contributed by atoms with Crippen LogP contribution in [0.5, 0.6) is 0 Å². The second-order valence-electron chi connectivity index (χ2n) is 3.30. The van der Waals surface area contributed by atoms with Gasteiger partial charge in [0.2, 0.25) is 0 Å². The average molecular weight is 254 g/mol. The first-order valence-corrected chi connectivity index (χ1v) is 6.32. The molecule has 0 saturated heterocycles. The first kappa shape index (κ1) is 11.3. The van der Waals surface area contributed by atoms with E-state index in [0.717, 1.165) is 0 Å². The molecule has 0 unspecified atom stereocenters. The summed E-state index contributed by atoms with van der Waals surface area (Å²) >= 11 is 2.59. The number of nitrogens with zero attached hydrogens (tertiary/aromatic N) is 2. The highest BCUT2D eigenvalue weighted by Gasteiger charge is 2.28. The molecule has 2 aliphatic heterocycles. The molecular weight excluding hydrogens is 244 g/mol. The fraction of sp³-hybridized carbons (Fsp3) is 0.200. The van der Waals surface area contributed by atoms with Gasteiger partial charge in [-0.05, 0) is 10.8 Å². The largest absolute Gasteiger partial charge is 0.317 e. The molecule has 2 heterocycles. The van der Waals surface area contributed by atoms with Gasteiger partial charge < -0.3 is 9.80 Å². The summed E-state index contributed by atoms with van der Waals surface area (Å²) in [5.41, 5.74) is 0. The molecule has 0 spiro atoms. The molecule has 0 aromatic carbocycles. The zero-order valence-corrected chi connectivity index (χ0v) is 10.5. The molecule has 2 rings (SSSR count). The lowest BCUT2D eigenvalue weighted by Crippen LogP contribution is -2.29. The third-order valence-electron chi connectivity index (χ3n) is 2.18. The standard InChI is InChI=1S/C10H10N2O2S2/c1-11-3-5-15-7(9(11)13)8-10(14)12(2)4-6-16-8/h3-6H,1-2H3/b8-7-. The lowest BCUT2D eigenvalue weighted by molar-refractivity contribution is -0.125. The highest BCUT2D eigenvalue weighted by molar-refractivity contribution is 8.10. The maximum atomic E-state index is 11.9. The Hall–Kier alpha value is -1.14. The van der Waals surface area contributed by atoms with E-state index in [2.05, 4.69) is 0 Å². The van der Waals surface area contributed by atoms with Crippen molar-refractivity contribution in [2.24, 2.45) is 0 Å². The Morgan fingerprint density at radius 1 is 0.875 bits per heavy atom. The van der Waals surface area contributed by atoms with Crippen LogP contribution in [0.1, 0.15) is 0 Å². The van der Waals surface area contributed by atoms with E-state index in [1.807, 2.05) is 0 Å². The summed E-state index contributed by atoms with van der Waals surface area (Å²) in [6.45, 7) is 0. The van der Waals surface area contributed by atoms with Gasteiger partial charge in [0, 0.05) is 26.5 Å². The van der Waals surface area contributed by atoms with E-state index in [1.165, 1.54) is 33.3 Å². The van der Waals surface area contributed by atoms with E-state index in [-0.39, 0.29) is 11.8 Å². The predicted molar refractivity (Wildman–Crippen MR) is 66.0 cm³/mol. The number of likely N-dealkylation sites (N-methyl/N-ethyl adjacent to an activating group) is 2. The Labute approximate surface area is 102 Å². The van der Waals surface area contributed by atoms with Gasteiger partial charge in [0.1, 0.15) is 0 Å². The molecule has 16 heavy (non-hydrogen) atoms. The molecule has 0 N–H and O–H groups in total. The van der Waals surface area contributed by atoms with Crippen LogP contribution in [-0.2, 0) is 9.59 Å². The average Bonchev–Trinajstić information content (AvgIpc) is 2.27. The summed E-state index contributed by atoms with van der Waals surface area (Å²) in [4.78, 5) is 27.7. The van der Waals surface area contributed by atoms with Gasteiger partial charge in [-0.15, -0.1) is 0 Å². The minimum Gasteiger partial charge on any atom is -0.317 e. The molecule has 0 radical (unpaired) electrons. The van der Waals surface area contributed by atoms with Crippen LogP contribution in [0.25, 0.3) is 0 Å². The SMILES string of the molecule is CN1C=CS/C(=C2\SC=CN(C)C2=O)C1=O. The number of thioether (sulfide) groups is 2. The van der Waals surface area contributed by atoms with Gasteiger partial charge in [-0.1, -0.05) is 23.5 Å². The molecule has 0 fully saturated rings. The van der Waals surface area contributed by atoms with E-state index < -0.39 is 0 Å². The number of carbonyl (C=O) groups is 2. The summed E-state index contributed by atoms with van der Waals surface area (Å²) in [5.74, 6) is -0.265. The number of carbonyl (C=O) groups excluding carboxylic acids is 2. The van der Waals surface area contributed by atoms with Gasteiger partial charge in [0.25, 0.3) is 11.8 Å². The molecule has 0 aromatic rings. The van der Waals surface area contributed by atoms with Crippen molar-refractivity contribution in [3.8, 4) is 0 Å². The van der Waals surface area contributed by atoms with Gasteiger partial charge in [-0.3, -0.25) is 9.59 Å². The third-order valence-corrected chi connectivity index (χ3v) is 4.05.